The number of fused-ring (bicyclic) bond motifs is 1. The number of benzene rings is 1. The van der Waals surface area contributed by atoms with Gasteiger partial charge in [-0.1, -0.05) is 0 Å². The van der Waals surface area contributed by atoms with Crippen molar-refractivity contribution in [2.75, 3.05) is 37.7 Å². The van der Waals surface area contributed by atoms with Gasteiger partial charge in [-0.15, -0.1) is 0 Å². The molecule has 2 aliphatic heterocycles. The second-order valence-electron chi connectivity index (χ2n) is 7.61. The number of carbonyl (C=O) groups excluding carboxylic acids is 1. The molecule has 2 atom stereocenters. The van der Waals surface area contributed by atoms with Crippen molar-refractivity contribution >= 4 is 15.7 Å². The van der Waals surface area contributed by atoms with E-state index in [4.69, 9.17) is 4.74 Å². The minimum absolute atomic E-state index is 0.0546. The first-order valence-corrected chi connectivity index (χ1v) is 11.3. The maximum atomic E-state index is 13.0. The number of carbonyl (C=O) groups is 1. The van der Waals surface area contributed by atoms with E-state index in [2.05, 4.69) is 4.90 Å². The van der Waals surface area contributed by atoms with Crippen molar-refractivity contribution in [1.82, 2.24) is 9.80 Å². The topological polar surface area (TPSA) is 66.9 Å². The van der Waals surface area contributed by atoms with Gasteiger partial charge in [-0.25, -0.2) is 8.42 Å². The van der Waals surface area contributed by atoms with E-state index in [9.17, 15) is 13.2 Å². The first-order valence-electron chi connectivity index (χ1n) is 9.45. The van der Waals surface area contributed by atoms with E-state index < -0.39 is 9.84 Å². The summed E-state index contributed by atoms with van der Waals surface area (Å²) in [4.78, 5) is 17.1. The Morgan fingerprint density at radius 1 is 1.12 bits per heavy atom. The van der Waals surface area contributed by atoms with Crippen molar-refractivity contribution in [3.8, 4) is 5.75 Å². The van der Waals surface area contributed by atoms with Crippen LogP contribution in [0.25, 0.3) is 0 Å². The quantitative estimate of drug-likeness (QED) is 0.775. The number of sulfone groups is 1. The van der Waals surface area contributed by atoms with Crippen LogP contribution in [0.15, 0.2) is 24.3 Å². The van der Waals surface area contributed by atoms with E-state index in [1.807, 2.05) is 6.92 Å². The largest absolute Gasteiger partial charge is 0.494 e. The maximum absolute atomic E-state index is 13.0. The van der Waals surface area contributed by atoms with Gasteiger partial charge in [0.25, 0.3) is 5.91 Å². The number of amides is 1. The number of ether oxygens (including phenoxy) is 1. The lowest BCUT2D eigenvalue weighted by Gasteiger charge is -2.44. The molecule has 1 amide bonds. The predicted octanol–water partition coefficient (Wildman–Crippen LogP) is 1.42. The molecule has 26 heavy (non-hydrogen) atoms. The average Bonchev–Trinajstić information content (AvgIpc) is 3.36. The van der Waals surface area contributed by atoms with Crippen LogP contribution < -0.4 is 4.74 Å². The summed E-state index contributed by atoms with van der Waals surface area (Å²) in [6.45, 7) is 4.83. The Kier molecular flexibility index (Phi) is 4.69. The van der Waals surface area contributed by atoms with Gasteiger partial charge in [-0.05, 0) is 49.9 Å². The fourth-order valence-corrected chi connectivity index (χ4v) is 6.17. The zero-order valence-corrected chi connectivity index (χ0v) is 16.0. The van der Waals surface area contributed by atoms with E-state index in [1.165, 1.54) is 12.8 Å². The second kappa shape index (κ2) is 6.85. The van der Waals surface area contributed by atoms with E-state index in [1.54, 1.807) is 29.2 Å². The highest BCUT2D eigenvalue weighted by molar-refractivity contribution is 7.91. The Labute approximate surface area is 155 Å². The number of nitrogens with zero attached hydrogens (tertiary/aromatic N) is 2. The van der Waals surface area contributed by atoms with E-state index in [0.29, 0.717) is 24.6 Å². The minimum atomic E-state index is -3.10. The molecule has 2 heterocycles. The van der Waals surface area contributed by atoms with E-state index >= 15 is 0 Å². The molecule has 142 valence electrons. The summed E-state index contributed by atoms with van der Waals surface area (Å²) < 4.78 is 30.0. The molecule has 0 N–H and O–H groups in total. The van der Waals surface area contributed by atoms with E-state index in [0.717, 1.165) is 18.8 Å². The minimum Gasteiger partial charge on any atom is -0.494 e. The van der Waals surface area contributed by atoms with Gasteiger partial charge < -0.3 is 9.64 Å². The molecule has 0 radical (unpaired) electrons. The SMILES string of the molecule is CCOc1ccc(C(=O)N2CCN(CC3CC3)[C@@H]3CS(=O)(=O)C[C@@H]32)cc1. The predicted molar refractivity (Wildman–Crippen MR) is 99.2 cm³/mol. The molecular formula is C19H26N2O4S. The van der Waals surface area contributed by atoms with Gasteiger partial charge in [-0.2, -0.15) is 0 Å². The molecule has 7 heteroatoms. The van der Waals surface area contributed by atoms with Crippen LogP contribution in [0.4, 0.5) is 0 Å². The zero-order valence-electron chi connectivity index (χ0n) is 15.1. The van der Waals surface area contributed by atoms with Gasteiger partial charge in [0.15, 0.2) is 9.84 Å². The Hall–Kier alpha value is -1.60. The van der Waals surface area contributed by atoms with Crippen LogP contribution in [-0.2, 0) is 9.84 Å². The molecule has 4 rings (SSSR count). The molecule has 1 aromatic rings. The monoisotopic (exact) mass is 378 g/mol. The molecule has 1 saturated carbocycles. The van der Waals surface area contributed by atoms with Crippen LogP contribution in [-0.4, -0.2) is 74.0 Å². The summed E-state index contributed by atoms with van der Waals surface area (Å²) in [5.41, 5.74) is 0.590. The Balaban J connectivity index is 1.53. The lowest BCUT2D eigenvalue weighted by molar-refractivity contribution is 0.0318. The normalized spacial score (nSPS) is 28.0. The fourth-order valence-electron chi connectivity index (χ4n) is 4.16. The highest BCUT2D eigenvalue weighted by Gasteiger charge is 2.48. The fraction of sp³-hybridized carbons (Fsp3) is 0.632. The first-order chi connectivity index (χ1) is 12.5. The lowest BCUT2D eigenvalue weighted by atomic mass is 10.0. The first kappa shape index (κ1) is 17.8. The summed E-state index contributed by atoms with van der Waals surface area (Å²) in [5.74, 6) is 1.64. The smallest absolute Gasteiger partial charge is 0.254 e. The third-order valence-electron chi connectivity index (χ3n) is 5.65. The van der Waals surface area contributed by atoms with Crippen LogP contribution in [0, 0.1) is 5.92 Å². The van der Waals surface area contributed by atoms with Gasteiger partial charge in [-0.3, -0.25) is 9.69 Å². The molecule has 0 aromatic heterocycles. The number of hydrogen-bond donors (Lipinski definition) is 0. The molecule has 3 aliphatic rings. The van der Waals surface area contributed by atoms with Gasteiger partial charge in [0.05, 0.1) is 24.2 Å². The summed E-state index contributed by atoms with van der Waals surface area (Å²) in [6.07, 6.45) is 2.49. The third kappa shape index (κ3) is 3.60. The summed E-state index contributed by atoms with van der Waals surface area (Å²) in [7, 11) is -3.10. The van der Waals surface area contributed by atoms with Gasteiger partial charge in [0, 0.05) is 31.2 Å². The summed E-state index contributed by atoms with van der Waals surface area (Å²) in [5, 5.41) is 0. The van der Waals surface area contributed by atoms with Gasteiger partial charge in [0.2, 0.25) is 0 Å². The standard InChI is InChI=1S/C19H26N2O4S/c1-2-25-16-7-5-15(6-8-16)19(22)21-10-9-20(11-14-3-4-14)17-12-26(23,24)13-18(17)21/h5-8,14,17-18H,2-4,9-13H2,1H3/t17-,18+/m1/s1. The molecule has 1 aliphatic carbocycles. The Morgan fingerprint density at radius 3 is 2.46 bits per heavy atom. The van der Waals surface area contributed by atoms with Crippen LogP contribution in [0.2, 0.25) is 0 Å². The van der Waals surface area contributed by atoms with Crippen molar-refractivity contribution in [3.05, 3.63) is 29.8 Å². The van der Waals surface area contributed by atoms with Crippen LogP contribution >= 0.6 is 0 Å². The van der Waals surface area contributed by atoms with Gasteiger partial charge in [0.1, 0.15) is 5.75 Å². The molecule has 1 aromatic carbocycles. The van der Waals surface area contributed by atoms with Crippen molar-refractivity contribution in [2.24, 2.45) is 5.92 Å². The molecule has 2 saturated heterocycles. The molecule has 0 bridgehead atoms. The molecule has 0 unspecified atom stereocenters. The Morgan fingerprint density at radius 2 is 1.81 bits per heavy atom. The van der Waals surface area contributed by atoms with Crippen molar-refractivity contribution in [2.45, 2.75) is 31.8 Å². The van der Waals surface area contributed by atoms with Gasteiger partial charge >= 0.3 is 0 Å². The summed E-state index contributed by atoms with van der Waals surface area (Å²) >= 11 is 0. The van der Waals surface area contributed by atoms with Crippen molar-refractivity contribution in [3.63, 3.8) is 0 Å². The number of piperazine rings is 1. The third-order valence-corrected chi connectivity index (χ3v) is 7.35. The molecular weight excluding hydrogens is 352 g/mol. The molecule has 3 fully saturated rings. The van der Waals surface area contributed by atoms with Crippen molar-refractivity contribution < 1.29 is 17.9 Å². The van der Waals surface area contributed by atoms with Crippen LogP contribution in [0.1, 0.15) is 30.1 Å². The van der Waals surface area contributed by atoms with Crippen molar-refractivity contribution in [1.29, 1.82) is 0 Å². The maximum Gasteiger partial charge on any atom is 0.254 e. The lowest BCUT2D eigenvalue weighted by Crippen LogP contribution is -2.60. The second-order valence-corrected chi connectivity index (χ2v) is 9.76. The zero-order chi connectivity index (χ0) is 18.3. The summed E-state index contributed by atoms with van der Waals surface area (Å²) in [6, 6.07) is 6.84. The molecule has 0 spiro atoms. The van der Waals surface area contributed by atoms with Crippen LogP contribution in [0.5, 0.6) is 5.75 Å². The average molecular weight is 378 g/mol. The molecule has 6 nitrogen and oxygen atoms in total. The highest BCUT2D eigenvalue weighted by atomic mass is 32.2. The van der Waals surface area contributed by atoms with Crippen LogP contribution in [0.3, 0.4) is 0 Å². The number of hydrogen-bond acceptors (Lipinski definition) is 5. The highest BCUT2D eigenvalue weighted by Crippen LogP contribution is 2.34. The Bertz CT molecular complexity index is 773. The number of rotatable bonds is 5. The van der Waals surface area contributed by atoms with E-state index in [-0.39, 0.29) is 29.5 Å².